The van der Waals surface area contributed by atoms with Gasteiger partial charge < -0.3 is 9.80 Å². The predicted molar refractivity (Wildman–Crippen MR) is 79.3 cm³/mol. The third-order valence-electron chi connectivity index (χ3n) is 4.50. The largest absolute Gasteiger partial charge is 0.337 e. The molecule has 0 bridgehead atoms. The van der Waals surface area contributed by atoms with Crippen LogP contribution in [0.3, 0.4) is 0 Å². The van der Waals surface area contributed by atoms with Crippen molar-refractivity contribution in [3.05, 3.63) is 0 Å². The van der Waals surface area contributed by atoms with E-state index < -0.39 is 9.84 Å². The minimum absolute atomic E-state index is 0.112. The molecule has 0 aromatic heterocycles. The lowest BCUT2D eigenvalue weighted by atomic mass is 10.0. The van der Waals surface area contributed by atoms with E-state index in [0.717, 1.165) is 32.4 Å². The number of carbonyl (C=O) groups is 1. The van der Waals surface area contributed by atoms with E-state index in [1.54, 1.807) is 0 Å². The van der Waals surface area contributed by atoms with E-state index >= 15 is 0 Å². The van der Waals surface area contributed by atoms with Crippen LogP contribution in [0.4, 0.5) is 0 Å². The van der Waals surface area contributed by atoms with Crippen LogP contribution in [0.25, 0.3) is 0 Å². The monoisotopic (exact) mass is 302 g/mol. The molecule has 2 atom stereocenters. The second-order valence-electron chi connectivity index (χ2n) is 6.08. The molecule has 20 heavy (non-hydrogen) atoms. The number of amides is 1. The normalized spacial score (nSPS) is 28.2. The maximum absolute atomic E-state index is 12.3. The molecule has 5 nitrogen and oxygen atoms in total. The number of likely N-dealkylation sites (N-methyl/N-ethyl adjacent to an activating group) is 1. The zero-order valence-electron chi connectivity index (χ0n) is 12.5. The first-order chi connectivity index (χ1) is 9.44. The van der Waals surface area contributed by atoms with Crippen LogP contribution < -0.4 is 0 Å². The Labute approximate surface area is 122 Å². The molecule has 2 aliphatic rings. The first-order valence-corrected chi connectivity index (χ1v) is 9.47. The average molecular weight is 302 g/mol. The minimum Gasteiger partial charge on any atom is -0.337 e. The van der Waals surface area contributed by atoms with Gasteiger partial charge in [-0.15, -0.1) is 0 Å². The molecule has 0 aromatic rings. The zero-order valence-corrected chi connectivity index (χ0v) is 13.4. The smallest absolute Gasteiger partial charge is 0.238 e. The third-order valence-corrected chi connectivity index (χ3v) is 6.22. The number of hydrogen-bond acceptors (Lipinski definition) is 4. The van der Waals surface area contributed by atoms with Gasteiger partial charge in [-0.25, -0.2) is 8.42 Å². The molecule has 2 fully saturated rings. The van der Waals surface area contributed by atoms with E-state index in [-0.39, 0.29) is 23.5 Å². The van der Waals surface area contributed by atoms with Gasteiger partial charge in [0.15, 0.2) is 9.84 Å². The number of nitrogens with zero attached hydrogens (tertiary/aromatic N) is 2. The molecule has 2 heterocycles. The fourth-order valence-corrected chi connectivity index (χ4v) is 4.89. The highest BCUT2D eigenvalue weighted by molar-refractivity contribution is 7.92. The van der Waals surface area contributed by atoms with E-state index in [9.17, 15) is 13.2 Å². The Bertz CT molecular complexity index is 449. The maximum Gasteiger partial charge on any atom is 0.238 e. The van der Waals surface area contributed by atoms with E-state index in [1.165, 1.54) is 6.42 Å². The van der Waals surface area contributed by atoms with Crippen molar-refractivity contribution in [2.45, 2.75) is 51.1 Å². The van der Waals surface area contributed by atoms with Gasteiger partial charge in [0.05, 0.1) is 5.75 Å². The Morgan fingerprint density at radius 1 is 1.15 bits per heavy atom. The van der Waals surface area contributed by atoms with Crippen molar-refractivity contribution >= 4 is 15.7 Å². The molecular formula is C14H26N2O3S. The van der Waals surface area contributed by atoms with Crippen molar-refractivity contribution < 1.29 is 13.2 Å². The fraction of sp³-hybridized carbons (Fsp3) is 0.929. The van der Waals surface area contributed by atoms with Gasteiger partial charge in [-0.05, 0) is 45.7 Å². The topological polar surface area (TPSA) is 57.7 Å². The van der Waals surface area contributed by atoms with E-state index in [1.807, 2.05) is 11.8 Å². The predicted octanol–water partition coefficient (Wildman–Crippen LogP) is 0.896. The van der Waals surface area contributed by atoms with Crippen LogP contribution in [0.1, 0.15) is 39.0 Å². The molecule has 6 heteroatoms. The van der Waals surface area contributed by atoms with Crippen LogP contribution in [0.2, 0.25) is 0 Å². The summed E-state index contributed by atoms with van der Waals surface area (Å²) in [5.41, 5.74) is 0. The average Bonchev–Trinajstić information content (AvgIpc) is 2.95. The summed E-state index contributed by atoms with van der Waals surface area (Å²) in [5, 5.41) is 0. The van der Waals surface area contributed by atoms with Crippen molar-refractivity contribution in [3.8, 4) is 0 Å². The summed E-state index contributed by atoms with van der Waals surface area (Å²) in [7, 11) is -1.13. The van der Waals surface area contributed by atoms with E-state index in [0.29, 0.717) is 12.5 Å². The zero-order chi connectivity index (χ0) is 14.8. The Morgan fingerprint density at radius 3 is 2.40 bits per heavy atom. The summed E-state index contributed by atoms with van der Waals surface area (Å²) in [6.45, 7) is 3.63. The summed E-state index contributed by atoms with van der Waals surface area (Å²) in [6, 6.07) is 0.627. The highest BCUT2D eigenvalue weighted by Gasteiger charge is 2.39. The number of sulfone groups is 1. The summed E-state index contributed by atoms with van der Waals surface area (Å²) in [5.74, 6) is -0.393. The minimum atomic E-state index is -3.23. The lowest BCUT2D eigenvalue weighted by molar-refractivity contribution is -0.130. The van der Waals surface area contributed by atoms with Gasteiger partial charge in [0.1, 0.15) is 5.75 Å². The molecule has 0 unspecified atom stereocenters. The van der Waals surface area contributed by atoms with Crippen LogP contribution in [0.15, 0.2) is 0 Å². The van der Waals surface area contributed by atoms with Crippen molar-refractivity contribution in [2.75, 3.05) is 31.6 Å². The molecule has 2 rings (SSSR count). The lowest BCUT2D eigenvalue weighted by Crippen LogP contribution is -2.48. The molecular weight excluding hydrogens is 276 g/mol. The highest BCUT2D eigenvalue weighted by Crippen LogP contribution is 2.29. The Kier molecular flexibility index (Phi) is 5.07. The van der Waals surface area contributed by atoms with Gasteiger partial charge in [-0.3, -0.25) is 4.79 Å². The van der Waals surface area contributed by atoms with Gasteiger partial charge in [-0.1, -0.05) is 6.92 Å². The van der Waals surface area contributed by atoms with Crippen LogP contribution in [-0.2, 0) is 14.6 Å². The van der Waals surface area contributed by atoms with Crippen LogP contribution in [0, 0.1) is 0 Å². The van der Waals surface area contributed by atoms with Crippen LogP contribution in [0.5, 0.6) is 0 Å². The second kappa shape index (κ2) is 6.43. The lowest BCUT2D eigenvalue weighted by Gasteiger charge is -2.33. The molecule has 1 amide bonds. The summed E-state index contributed by atoms with van der Waals surface area (Å²) >= 11 is 0. The van der Waals surface area contributed by atoms with Gasteiger partial charge >= 0.3 is 0 Å². The molecule has 0 radical (unpaired) electrons. The van der Waals surface area contributed by atoms with Crippen molar-refractivity contribution in [2.24, 2.45) is 0 Å². The maximum atomic E-state index is 12.3. The molecule has 0 saturated carbocycles. The molecule has 0 N–H and O–H groups in total. The number of likely N-dealkylation sites (tertiary alicyclic amines) is 2. The molecule has 0 aromatic carbocycles. The van der Waals surface area contributed by atoms with Crippen molar-refractivity contribution in [1.29, 1.82) is 0 Å². The molecule has 2 saturated heterocycles. The van der Waals surface area contributed by atoms with Crippen molar-refractivity contribution in [3.63, 3.8) is 0 Å². The van der Waals surface area contributed by atoms with Crippen LogP contribution >= 0.6 is 0 Å². The van der Waals surface area contributed by atoms with Gasteiger partial charge in [0, 0.05) is 18.6 Å². The van der Waals surface area contributed by atoms with Gasteiger partial charge in [0.2, 0.25) is 5.91 Å². The van der Waals surface area contributed by atoms with Gasteiger partial charge in [-0.2, -0.15) is 0 Å². The molecule has 0 spiro atoms. The van der Waals surface area contributed by atoms with Crippen LogP contribution in [-0.4, -0.2) is 67.9 Å². The fourth-order valence-electron chi connectivity index (χ4n) is 3.58. The Balaban J connectivity index is 2.01. The van der Waals surface area contributed by atoms with Gasteiger partial charge in [0.25, 0.3) is 0 Å². The number of carbonyl (C=O) groups excluding carboxylic acids is 1. The molecule has 2 aliphatic heterocycles. The summed E-state index contributed by atoms with van der Waals surface area (Å²) < 4.78 is 23.7. The van der Waals surface area contributed by atoms with E-state index in [2.05, 4.69) is 11.9 Å². The summed E-state index contributed by atoms with van der Waals surface area (Å²) in [4.78, 5) is 16.5. The summed E-state index contributed by atoms with van der Waals surface area (Å²) in [6.07, 6.45) is 4.87. The molecule has 0 aliphatic carbocycles. The van der Waals surface area contributed by atoms with Crippen molar-refractivity contribution in [1.82, 2.24) is 9.80 Å². The standard InChI is InChI=1S/C14H26N2O3S/c1-3-10-20(18,19)11-14(17)16-9-5-7-13(16)12-6-4-8-15(12)2/h12-13H,3-11H2,1-2H3/t12-,13+/m0/s1. The quantitative estimate of drug-likeness (QED) is 0.757. The first kappa shape index (κ1) is 15.8. The third kappa shape index (κ3) is 3.52. The van der Waals surface area contributed by atoms with E-state index in [4.69, 9.17) is 0 Å². The Morgan fingerprint density at radius 2 is 1.80 bits per heavy atom. The number of hydrogen-bond donors (Lipinski definition) is 0. The molecule has 116 valence electrons. The Hall–Kier alpha value is -0.620. The SMILES string of the molecule is CCCS(=O)(=O)CC(=O)N1CCC[C@@H]1[C@@H]1CCCN1C. The first-order valence-electron chi connectivity index (χ1n) is 7.64. The highest BCUT2D eigenvalue weighted by atomic mass is 32.2. The number of rotatable bonds is 5. The second-order valence-corrected chi connectivity index (χ2v) is 8.26.